The van der Waals surface area contributed by atoms with Crippen LogP contribution in [0.15, 0.2) is 29.8 Å². The van der Waals surface area contributed by atoms with Crippen LogP contribution in [-0.4, -0.2) is 15.0 Å². The molecule has 0 radical (unpaired) electrons. The molecule has 0 aliphatic heterocycles. The van der Waals surface area contributed by atoms with Gasteiger partial charge in [0.1, 0.15) is 5.82 Å². The molecule has 3 aromatic heterocycles. The van der Waals surface area contributed by atoms with E-state index in [-0.39, 0.29) is 0 Å². The van der Waals surface area contributed by atoms with E-state index in [4.69, 9.17) is 5.84 Å². The van der Waals surface area contributed by atoms with Gasteiger partial charge in [-0.2, -0.15) is 0 Å². The SMILES string of the molecule is NNc1cc(C2CC2)nc(-c2cnc3ccsc3c2)n1. The standard InChI is InChI=1S/C14H13N5S/c15-19-13-6-11(8-1-2-8)17-14(18-13)9-5-12-10(16-7-9)3-4-20-12/h3-8H,1-2,15H2,(H,17,18,19). The van der Waals surface area contributed by atoms with Crippen LogP contribution in [0.4, 0.5) is 5.82 Å². The number of hydrogen-bond donors (Lipinski definition) is 2. The molecule has 20 heavy (non-hydrogen) atoms. The van der Waals surface area contributed by atoms with Gasteiger partial charge in [-0.05, 0) is 30.4 Å². The van der Waals surface area contributed by atoms with Gasteiger partial charge in [0, 0.05) is 29.4 Å². The predicted molar refractivity (Wildman–Crippen MR) is 80.4 cm³/mol. The van der Waals surface area contributed by atoms with Crippen molar-refractivity contribution in [1.82, 2.24) is 15.0 Å². The van der Waals surface area contributed by atoms with Crippen molar-refractivity contribution in [2.24, 2.45) is 5.84 Å². The molecule has 1 fully saturated rings. The Balaban J connectivity index is 1.84. The first kappa shape index (κ1) is 11.7. The molecule has 0 unspecified atom stereocenters. The van der Waals surface area contributed by atoms with Crippen LogP contribution in [0.3, 0.4) is 0 Å². The molecule has 0 atom stereocenters. The van der Waals surface area contributed by atoms with Gasteiger partial charge in [-0.1, -0.05) is 0 Å². The number of hydrogen-bond acceptors (Lipinski definition) is 6. The third-order valence-electron chi connectivity index (χ3n) is 3.45. The Morgan fingerprint density at radius 3 is 2.95 bits per heavy atom. The normalized spacial score (nSPS) is 14.7. The maximum Gasteiger partial charge on any atom is 0.163 e. The fraction of sp³-hybridized carbons (Fsp3) is 0.214. The minimum absolute atomic E-state index is 0.558. The van der Waals surface area contributed by atoms with Crippen LogP contribution in [0.25, 0.3) is 21.6 Å². The van der Waals surface area contributed by atoms with E-state index in [1.807, 2.05) is 23.7 Å². The smallest absolute Gasteiger partial charge is 0.163 e. The lowest BCUT2D eigenvalue weighted by Gasteiger charge is -2.07. The predicted octanol–water partition coefficient (Wildman–Crippen LogP) is 2.92. The Hall–Kier alpha value is -2.05. The largest absolute Gasteiger partial charge is 0.308 e. The second kappa shape index (κ2) is 4.50. The average Bonchev–Trinajstić information content (AvgIpc) is 3.24. The molecule has 0 spiro atoms. The summed E-state index contributed by atoms with van der Waals surface area (Å²) in [6.45, 7) is 0. The zero-order valence-electron chi connectivity index (χ0n) is 10.7. The summed E-state index contributed by atoms with van der Waals surface area (Å²) >= 11 is 1.67. The lowest BCUT2D eigenvalue weighted by molar-refractivity contribution is 0.990. The number of hydrazine groups is 1. The lowest BCUT2D eigenvalue weighted by Crippen LogP contribution is -2.10. The molecule has 4 rings (SSSR count). The monoisotopic (exact) mass is 283 g/mol. The van der Waals surface area contributed by atoms with Crippen molar-refractivity contribution in [2.45, 2.75) is 18.8 Å². The Morgan fingerprint density at radius 1 is 1.25 bits per heavy atom. The molecule has 1 aliphatic carbocycles. The summed E-state index contributed by atoms with van der Waals surface area (Å²) in [5.74, 6) is 7.41. The topological polar surface area (TPSA) is 76.7 Å². The van der Waals surface area contributed by atoms with Crippen molar-refractivity contribution in [3.8, 4) is 11.4 Å². The van der Waals surface area contributed by atoms with E-state index in [0.717, 1.165) is 21.5 Å². The number of anilines is 1. The van der Waals surface area contributed by atoms with Crippen molar-refractivity contribution in [2.75, 3.05) is 5.43 Å². The Kier molecular flexibility index (Phi) is 2.64. The van der Waals surface area contributed by atoms with Gasteiger partial charge < -0.3 is 5.43 Å². The van der Waals surface area contributed by atoms with E-state index in [1.165, 1.54) is 12.8 Å². The molecule has 0 bridgehead atoms. The Labute approximate surface area is 119 Å². The molecule has 0 saturated heterocycles. The van der Waals surface area contributed by atoms with Gasteiger partial charge in [-0.15, -0.1) is 11.3 Å². The van der Waals surface area contributed by atoms with Crippen LogP contribution >= 0.6 is 11.3 Å². The maximum atomic E-state index is 5.51. The molecular formula is C14H13N5S. The van der Waals surface area contributed by atoms with Gasteiger partial charge in [0.15, 0.2) is 5.82 Å². The van der Waals surface area contributed by atoms with Gasteiger partial charge >= 0.3 is 0 Å². The van der Waals surface area contributed by atoms with Gasteiger partial charge in [0.2, 0.25) is 0 Å². The van der Waals surface area contributed by atoms with E-state index in [9.17, 15) is 0 Å². The highest BCUT2D eigenvalue weighted by atomic mass is 32.1. The maximum absolute atomic E-state index is 5.51. The van der Waals surface area contributed by atoms with Gasteiger partial charge in [-0.25, -0.2) is 15.8 Å². The number of aromatic nitrogens is 3. The van der Waals surface area contributed by atoms with E-state index in [0.29, 0.717) is 17.6 Å². The van der Waals surface area contributed by atoms with Crippen molar-refractivity contribution in [1.29, 1.82) is 0 Å². The van der Waals surface area contributed by atoms with Crippen LogP contribution in [0.1, 0.15) is 24.5 Å². The molecule has 3 N–H and O–H groups in total. The Morgan fingerprint density at radius 2 is 2.15 bits per heavy atom. The van der Waals surface area contributed by atoms with Crippen molar-refractivity contribution in [3.63, 3.8) is 0 Å². The minimum atomic E-state index is 0.558. The van der Waals surface area contributed by atoms with Gasteiger partial charge in [0.25, 0.3) is 0 Å². The number of pyridine rings is 1. The number of nitrogen functional groups attached to an aromatic ring is 1. The summed E-state index contributed by atoms with van der Waals surface area (Å²) in [6, 6.07) is 6.02. The summed E-state index contributed by atoms with van der Waals surface area (Å²) in [6.07, 6.45) is 4.21. The van der Waals surface area contributed by atoms with Crippen LogP contribution in [0.5, 0.6) is 0 Å². The molecule has 0 amide bonds. The summed E-state index contributed by atoms with van der Waals surface area (Å²) in [5, 5.41) is 2.04. The third-order valence-corrected chi connectivity index (χ3v) is 4.30. The number of nitrogens with one attached hydrogen (secondary N) is 1. The molecule has 1 saturated carbocycles. The highest BCUT2D eigenvalue weighted by Crippen LogP contribution is 2.40. The first-order valence-corrected chi connectivity index (χ1v) is 7.40. The fourth-order valence-electron chi connectivity index (χ4n) is 2.23. The summed E-state index contributed by atoms with van der Waals surface area (Å²) < 4.78 is 1.14. The molecule has 3 heterocycles. The molecule has 100 valence electrons. The van der Waals surface area contributed by atoms with Crippen LogP contribution < -0.4 is 11.3 Å². The minimum Gasteiger partial charge on any atom is -0.308 e. The zero-order chi connectivity index (χ0) is 13.5. The first-order valence-electron chi connectivity index (χ1n) is 6.53. The first-order chi connectivity index (χ1) is 9.83. The van der Waals surface area contributed by atoms with E-state index in [1.54, 1.807) is 11.3 Å². The Bertz CT molecular complexity index is 778. The van der Waals surface area contributed by atoms with Crippen LogP contribution in [0, 0.1) is 0 Å². The van der Waals surface area contributed by atoms with Crippen molar-refractivity contribution < 1.29 is 0 Å². The number of rotatable bonds is 3. The van der Waals surface area contributed by atoms with E-state index >= 15 is 0 Å². The fourth-order valence-corrected chi connectivity index (χ4v) is 3.01. The third kappa shape index (κ3) is 2.03. The highest BCUT2D eigenvalue weighted by Gasteiger charge is 2.26. The number of thiophene rings is 1. The number of nitrogens with two attached hydrogens (primary N) is 1. The molecule has 3 aromatic rings. The number of nitrogens with zero attached hydrogens (tertiary/aromatic N) is 3. The highest BCUT2D eigenvalue weighted by molar-refractivity contribution is 7.17. The summed E-state index contributed by atoms with van der Waals surface area (Å²) in [5.41, 5.74) is 5.63. The summed E-state index contributed by atoms with van der Waals surface area (Å²) in [4.78, 5) is 13.5. The van der Waals surface area contributed by atoms with Crippen LogP contribution in [-0.2, 0) is 0 Å². The zero-order valence-corrected chi connectivity index (χ0v) is 11.5. The van der Waals surface area contributed by atoms with Crippen LogP contribution in [0.2, 0.25) is 0 Å². The molecule has 5 nitrogen and oxygen atoms in total. The summed E-state index contributed by atoms with van der Waals surface area (Å²) in [7, 11) is 0. The van der Waals surface area contributed by atoms with Gasteiger partial charge in [-0.3, -0.25) is 4.98 Å². The second-order valence-corrected chi connectivity index (χ2v) is 5.90. The van der Waals surface area contributed by atoms with E-state index in [2.05, 4.69) is 26.4 Å². The molecular weight excluding hydrogens is 270 g/mol. The lowest BCUT2D eigenvalue weighted by atomic mass is 10.2. The molecule has 6 heteroatoms. The second-order valence-electron chi connectivity index (χ2n) is 4.95. The van der Waals surface area contributed by atoms with Crippen molar-refractivity contribution in [3.05, 3.63) is 35.5 Å². The van der Waals surface area contributed by atoms with Crippen molar-refractivity contribution >= 4 is 27.4 Å². The average molecular weight is 283 g/mol. The molecule has 0 aromatic carbocycles. The van der Waals surface area contributed by atoms with Gasteiger partial charge in [0.05, 0.1) is 10.2 Å². The number of fused-ring (bicyclic) bond motifs is 1. The quantitative estimate of drug-likeness (QED) is 0.571. The molecule has 1 aliphatic rings. The van der Waals surface area contributed by atoms with E-state index < -0.39 is 0 Å².